The lowest BCUT2D eigenvalue weighted by Crippen LogP contribution is -2.47. The average Bonchev–Trinajstić information content (AvgIpc) is 2.57. The van der Waals surface area contributed by atoms with Crippen molar-refractivity contribution in [1.82, 2.24) is 9.21 Å². The maximum absolute atomic E-state index is 14.2. The minimum atomic E-state index is -3.16. The minimum absolute atomic E-state index is 0.0807. The van der Waals surface area contributed by atoms with E-state index in [9.17, 15) is 17.6 Å². The first kappa shape index (κ1) is 20.6. The molecule has 7 nitrogen and oxygen atoms in total. The van der Waals surface area contributed by atoms with Crippen molar-refractivity contribution in [2.45, 2.75) is 26.3 Å². The zero-order valence-corrected chi connectivity index (χ0v) is 16.0. The van der Waals surface area contributed by atoms with Gasteiger partial charge < -0.3 is 4.74 Å². The van der Waals surface area contributed by atoms with E-state index < -0.39 is 21.9 Å². The Labute approximate surface area is 154 Å². The summed E-state index contributed by atoms with van der Waals surface area (Å²) in [4.78, 5) is 13.7. The average molecular weight is 387 g/mol. The van der Waals surface area contributed by atoms with Gasteiger partial charge in [0.25, 0.3) is 0 Å². The van der Waals surface area contributed by atoms with E-state index >= 15 is 0 Å². The molecule has 1 aliphatic rings. The summed E-state index contributed by atoms with van der Waals surface area (Å²) in [6, 6.07) is 4.64. The van der Waals surface area contributed by atoms with Crippen LogP contribution in [0.25, 0.3) is 0 Å². The number of rotatable bonds is 7. The van der Waals surface area contributed by atoms with Crippen LogP contribution in [0.5, 0.6) is 0 Å². The molecule has 0 radical (unpaired) electrons. The van der Waals surface area contributed by atoms with Crippen LogP contribution in [-0.4, -0.2) is 62.8 Å². The van der Waals surface area contributed by atoms with Crippen molar-refractivity contribution >= 4 is 21.8 Å². The van der Waals surface area contributed by atoms with Crippen LogP contribution in [0.1, 0.15) is 25.3 Å². The van der Waals surface area contributed by atoms with Gasteiger partial charge in [-0.05, 0) is 24.1 Å². The Morgan fingerprint density at radius 2 is 1.96 bits per heavy atom. The second-order valence-corrected chi connectivity index (χ2v) is 8.35. The monoisotopic (exact) mass is 387 g/mol. The summed E-state index contributed by atoms with van der Waals surface area (Å²) in [6.45, 7) is 4.88. The first-order chi connectivity index (χ1) is 12.3. The highest BCUT2D eigenvalue weighted by Gasteiger charge is 2.23. The summed E-state index contributed by atoms with van der Waals surface area (Å²) >= 11 is 0. The zero-order chi connectivity index (χ0) is 19.2. The maximum Gasteiger partial charge on any atom is 0.411 e. The predicted molar refractivity (Wildman–Crippen MR) is 98.0 cm³/mol. The number of nitrogens with one attached hydrogen (secondary N) is 1. The fraction of sp³-hybridized carbons (Fsp3) is 0.588. The van der Waals surface area contributed by atoms with Crippen molar-refractivity contribution in [2.24, 2.45) is 0 Å². The molecule has 1 aromatic rings. The predicted octanol–water partition coefficient (Wildman–Crippen LogP) is 2.25. The van der Waals surface area contributed by atoms with Gasteiger partial charge in [0.1, 0.15) is 5.82 Å². The van der Waals surface area contributed by atoms with Gasteiger partial charge in [0.15, 0.2) is 0 Å². The molecule has 0 bridgehead atoms. The lowest BCUT2D eigenvalue weighted by molar-refractivity contribution is 0.159. The maximum atomic E-state index is 14.2. The summed E-state index contributed by atoms with van der Waals surface area (Å²) < 4.78 is 43.6. The van der Waals surface area contributed by atoms with Crippen molar-refractivity contribution in [1.29, 1.82) is 0 Å². The van der Waals surface area contributed by atoms with Gasteiger partial charge in [-0.25, -0.2) is 17.6 Å². The molecule has 1 saturated heterocycles. The van der Waals surface area contributed by atoms with Gasteiger partial charge in [0, 0.05) is 32.7 Å². The van der Waals surface area contributed by atoms with Crippen LogP contribution in [0.2, 0.25) is 0 Å². The van der Waals surface area contributed by atoms with Crippen LogP contribution in [0, 0.1) is 5.82 Å². The van der Waals surface area contributed by atoms with E-state index in [0.29, 0.717) is 39.3 Å². The molecule has 1 amide bonds. The standard InChI is InChI=1S/C17H26FN3O4S/c1-3-4-11-25-17(22)19-16-6-5-14(12-15(16)18)13-20-7-9-21(10-8-20)26(2,23)24/h5-6,12H,3-4,7-11,13H2,1-2H3,(H,19,22). The topological polar surface area (TPSA) is 79.0 Å². The summed E-state index contributed by atoms with van der Waals surface area (Å²) in [7, 11) is -3.16. The molecule has 1 aliphatic heterocycles. The number of hydrogen-bond acceptors (Lipinski definition) is 5. The van der Waals surface area contributed by atoms with Crippen molar-refractivity contribution in [3.05, 3.63) is 29.6 Å². The highest BCUT2D eigenvalue weighted by atomic mass is 32.2. The Morgan fingerprint density at radius 3 is 2.54 bits per heavy atom. The normalized spacial score (nSPS) is 16.4. The number of piperazine rings is 1. The third-order valence-electron chi connectivity index (χ3n) is 4.21. The smallest absolute Gasteiger partial charge is 0.411 e. The number of amides is 1. The molecule has 0 saturated carbocycles. The molecule has 0 aliphatic carbocycles. The molecule has 0 unspecified atom stereocenters. The van der Waals surface area contributed by atoms with Crippen molar-refractivity contribution in [3.8, 4) is 0 Å². The van der Waals surface area contributed by atoms with E-state index in [1.54, 1.807) is 6.07 Å². The summed E-state index contributed by atoms with van der Waals surface area (Å²) in [5.41, 5.74) is 0.845. The molecule has 0 atom stereocenters. The van der Waals surface area contributed by atoms with E-state index in [4.69, 9.17) is 4.74 Å². The Balaban J connectivity index is 1.87. The van der Waals surface area contributed by atoms with Gasteiger partial charge in [-0.15, -0.1) is 0 Å². The van der Waals surface area contributed by atoms with E-state index in [1.807, 2.05) is 6.92 Å². The summed E-state index contributed by atoms with van der Waals surface area (Å²) in [5, 5.41) is 2.40. The molecule has 146 valence electrons. The van der Waals surface area contributed by atoms with E-state index in [0.717, 1.165) is 18.4 Å². The number of sulfonamides is 1. The number of nitrogens with zero attached hydrogens (tertiary/aromatic N) is 2. The molecule has 0 aromatic heterocycles. The Bertz CT molecular complexity index is 719. The van der Waals surface area contributed by atoms with Gasteiger partial charge in [-0.3, -0.25) is 10.2 Å². The molecule has 1 aromatic carbocycles. The SMILES string of the molecule is CCCCOC(=O)Nc1ccc(CN2CCN(S(C)(=O)=O)CC2)cc1F. The molecule has 1 N–H and O–H groups in total. The lowest BCUT2D eigenvalue weighted by atomic mass is 10.1. The number of carbonyl (C=O) groups is 1. The lowest BCUT2D eigenvalue weighted by Gasteiger charge is -2.33. The van der Waals surface area contributed by atoms with E-state index in [1.165, 1.54) is 22.7 Å². The minimum Gasteiger partial charge on any atom is -0.449 e. The number of halogens is 1. The number of carbonyl (C=O) groups excluding carboxylic acids is 1. The molecule has 2 rings (SSSR count). The van der Waals surface area contributed by atoms with Crippen LogP contribution in [0.3, 0.4) is 0 Å². The number of benzene rings is 1. The third kappa shape index (κ3) is 6.22. The van der Waals surface area contributed by atoms with Crippen molar-refractivity contribution < 1.29 is 22.3 Å². The quantitative estimate of drug-likeness (QED) is 0.726. The zero-order valence-electron chi connectivity index (χ0n) is 15.2. The molecule has 26 heavy (non-hydrogen) atoms. The first-order valence-electron chi connectivity index (χ1n) is 8.69. The van der Waals surface area contributed by atoms with E-state index in [-0.39, 0.29) is 5.69 Å². The number of ether oxygens (including phenoxy) is 1. The number of anilines is 1. The highest BCUT2D eigenvalue weighted by Crippen LogP contribution is 2.18. The van der Waals surface area contributed by atoms with Gasteiger partial charge in [-0.1, -0.05) is 19.4 Å². The Kier molecular flexibility index (Phi) is 7.36. The summed E-state index contributed by atoms with van der Waals surface area (Å²) in [5.74, 6) is -0.523. The molecular formula is C17H26FN3O4S. The highest BCUT2D eigenvalue weighted by molar-refractivity contribution is 7.88. The molecular weight excluding hydrogens is 361 g/mol. The van der Waals surface area contributed by atoms with Gasteiger partial charge in [0.05, 0.1) is 18.6 Å². The largest absolute Gasteiger partial charge is 0.449 e. The number of hydrogen-bond donors (Lipinski definition) is 1. The molecule has 1 fully saturated rings. The van der Waals surface area contributed by atoms with Crippen LogP contribution in [0.15, 0.2) is 18.2 Å². The second-order valence-electron chi connectivity index (χ2n) is 6.37. The van der Waals surface area contributed by atoms with Crippen LogP contribution in [-0.2, 0) is 21.3 Å². The van der Waals surface area contributed by atoms with Gasteiger partial charge in [-0.2, -0.15) is 4.31 Å². The molecule has 9 heteroatoms. The van der Waals surface area contributed by atoms with Crippen molar-refractivity contribution in [2.75, 3.05) is 44.4 Å². The third-order valence-corrected chi connectivity index (χ3v) is 5.51. The molecule has 0 spiro atoms. The first-order valence-corrected chi connectivity index (χ1v) is 10.5. The van der Waals surface area contributed by atoms with Crippen LogP contribution >= 0.6 is 0 Å². The van der Waals surface area contributed by atoms with E-state index in [2.05, 4.69) is 10.2 Å². The Morgan fingerprint density at radius 1 is 1.27 bits per heavy atom. The van der Waals surface area contributed by atoms with Crippen LogP contribution < -0.4 is 5.32 Å². The van der Waals surface area contributed by atoms with Gasteiger partial charge >= 0.3 is 6.09 Å². The Hall–Kier alpha value is -1.71. The molecule has 1 heterocycles. The fourth-order valence-electron chi connectivity index (χ4n) is 2.69. The van der Waals surface area contributed by atoms with Gasteiger partial charge in [0.2, 0.25) is 10.0 Å². The fourth-order valence-corrected chi connectivity index (χ4v) is 3.52. The number of unbranched alkanes of at least 4 members (excludes halogenated alkanes) is 1. The second kappa shape index (κ2) is 9.29. The van der Waals surface area contributed by atoms with Crippen molar-refractivity contribution in [3.63, 3.8) is 0 Å². The van der Waals surface area contributed by atoms with Crippen LogP contribution in [0.4, 0.5) is 14.9 Å². The summed E-state index contributed by atoms with van der Waals surface area (Å²) in [6.07, 6.45) is 2.22.